The molecule has 0 unspecified atom stereocenters. The van der Waals surface area contributed by atoms with Crippen LogP contribution in [0.25, 0.3) is 11.0 Å². The van der Waals surface area contributed by atoms with Crippen molar-refractivity contribution in [2.45, 2.75) is 38.1 Å². The third-order valence-corrected chi connectivity index (χ3v) is 5.83. The number of benzene rings is 1. The molecule has 0 aliphatic rings. The van der Waals surface area contributed by atoms with E-state index in [4.69, 9.17) is 0 Å². The fourth-order valence-corrected chi connectivity index (χ4v) is 3.90. The van der Waals surface area contributed by atoms with Crippen molar-refractivity contribution in [2.24, 2.45) is 14.1 Å². The van der Waals surface area contributed by atoms with Crippen molar-refractivity contribution < 1.29 is 9.59 Å². The van der Waals surface area contributed by atoms with E-state index < -0.39 is 16.7 Å². The number of fused-ring (bicyclic) bond motifs is 1. The lowest BCUT2D eigenvalue weighted by atomic mass is 9.96. The van der Waals surface area contributed by atoms with Crippen LogP contribution in [0.15, 0.2) is 38.9 Å². The minimum Gasteiger partial charge on any atom is -0.325 e. The largest absolute Gasteiger partial charge is 0.332 e. The van der Waals surface area contributed by atoms with Crippen molar-refractivity contribution in [3.63, 3.8) is 0 Å². The van der Waals surface area contributed by atoms with Crippen LogP contribution in [0.4, 0.5) is 5.69 Å². The quantitative estimate of drug-likeness (QED) is 0.356. The molecule has 1 N–H and O–H groups in total. The van der Waals surface area contributed by atoms with Gasteiger partial charge in [-0.2, -0.15) is 0 Å². The molecule has 0 spiro atoms. The summed E-state index contributed by atoms with van der Waals surface area (Å²) in [6.45, 7) is 7.20. The summed E-state index contributed by atoms with van der Waals surface area (Å²) < 4.78 is 2.30. The average molecular weight is 456 g/mol. The highest BCUT2D eigenvalue weighted by atomic mass is 32.2. The summed E-state index contributed by atoms with van der Waals surface area (Å²) >= 11 is 1.08. The molecule has 2 aromatic heterocycles. The lowest BCUT2D eigenvalue weighted by molar-refractivity contribution is -0.113. The number of nitrogens with one attached hydrogen (secondary N) is 1. The fourth-order valence-electron chi connectivity index (χ4n) is 3.09. The molecule has 3 aromatic rings. The van der Waals surface area contributed by atoms with Crippen molar-refractivity contribution in [3.05, 3.63) is 56.5 Å². The van der Waals surface area contributed by atoms with E-state index in [0.29, 0.717) is 22.1 Å². The Kier molecular flexibility index (Phi) is 6.36. The number of para-hydroxylation sites is 1. The van der Waals surface area contributed by atoms with Gasteiger partial charge in [0.05, 0.1) is 11.4 Å². The zero-order valence-electron chi connectivity index (χ0n) is 18.8. The highest BCUT2D eigenvalue weighted by Crippen LogP contribution is 2.27. The predicted octanol–water partition coefficient (Wildman–Crippen LogP) is 2.26. The number of carbonyl (C=O) groups is 2. The lowest BCUT2D eigenvalue weighted by Crippen LogP contribution is -2.38. The van der Waals surface area contributed by atoms with E-state index in [1.807, 2.05) is 20.8 Å². The van der Waals surface area contributed by atoms with Crippen LogP contribution >= 0.6 is 11.8 Å². The monoisotopic (exact) mass is 455 g/mol. The minimum absolute atomic E-state index is 0.0477. The number of ketones is 1. The second kappa shape index (κ2) is 8.70. The number of thioether (sulfide) groups is 1. The number of carbonyl (C=O) groups excluding carboxylic acids is 2. The van der Waals surface area contributed by atoms with Gasteiger partial charge in [0.2, 0.25) is 5.91 Å². The standard InChI is InChI=1S/C22H25N5O4S/c1-12(28)13-9-7-8-10-14(13)23-15(29)11-32-18-16-17(24-20(25-18)22(2,3)4)26(5)21(31)27(6)19(16)30/h7-10H,11H2,1-6H3,(H,23,29). The van der Waals surface area contributed by atoms with Crippen LogP contribution in [-0.4, -0.2) is 36.5 Å². The number of hydrogen-bond donors (Lipinski definition) is 1. The molecule has 0 aliphatic heterocycles. The Morgan fingerprint density at radius 3 is 2.34 bits per heavy atom. The number of hydrogen-bond acceptors (Lipinski definition) is 7. The number of amides is 1. The first-order valence-electron chi connectivity index (χ1n) is 9.92. The normalized spacial score (nSPS) is 11.6. The number of rotatable bonds is 5. The minimum atomic E-state index is -0.520. The van der Waals surface area contributed by atoms with Crippen LogP contribution in [0.1, 0.15) is 43.9 Å². The maximum Gasteiger partial charge on any atom is 0.332 e. The van der Waals surface area contributed by atoms with Crippen LogP contribution in [0.5, 0.6) is 0 Å². The molecule has 0 bridgehead atoms. The smallest absolute Gasteiger partial charge is 0.325 e. The Labute approximate surface area is 188 Å². The van der Waals surface area contributed by atoms with Gasteiger partial charge in [-0.15, -0.1) is 0 Å². The van der Waals surface area contributed by atoms with Crippen molar-refractivity contribution in [1.29, 1.82) is 0 Å². The number of Topliss-reactive ketones (excluding diaryl/α,β-unsaturated/α-hetero) is 1. The molecule has 168 valence electrons. The van der Waals surface area contributed by atoms with Gasteiger partial charge < -0.3 is 5.32 Å². The van der Waals surface area contributed by atoms with E-state index in [1.54, 1.807) is 31.3 Å². The van der Waals surface area contributed by atoms with Crippen LogP contribution in [0.2, 0.25) is 0 Å². The van der Waals surface area contributed by atoms with Gasteiger partial charge in [-0.25, -0.2) is 14.8 Å². The van der Waals surface area contributed by atoms with Crippen molar-refractivity contribution in [1.82, 2.24) is 19.1 Å². The molecule has 0 saturated heterocycles. The number of aryl methyl sites for hydroxylation is 1. The predicted molar refractivity (Wildman–Crippen MR) is 125 cm³/mol. The molecular weight excluding hydrogens is 430 g/mol. The van der Waals surface area contributed by atoms with E-state index in [2.05, 4.69) is 15.3 Å². The second-order valence-corrected chi connectivity index (χ2v) is 9.41. The molecule has 9 nitrogen and oxygen atoms in total. The molecule has 1 amide bonds. The molecule has 10 heteroatoms. The van der Waals surface area contributed by atoms with Gasteiger partial charge in [0.1, 0.15) is 16.2 Å². The summed E-state index contributed by atoms with van der Waals surface area (Å²) in [6.07, 6.45) is 0. The number of aromatic nitrogens is 4. The van der Waals surface area contributed by atoms with E-state index in [9.17, 15) is 19.2 Å². The van der Waals surface area contributed by atoms with E-state index >= 15 is 0 Å². The highest BCUT2D eigenvalue weighted by Gasteiger charge is 2.24. The third-order valence-electron chi connectivity index (χ3n) is 4.86. The zero-order chi connectivity index (χ0) is 23.8. The fraction of sp³-hybridized carbons (Fsp3) is 0.364. The zero-order valence-corrected chi connectivity index (χ0v) is 19.7. The van der Waals surface area contributed by atoms with Crippen LogP contribution in [0, 0.1) is 0 Å². The Morgan fingerprint density at radius 1 is 1.06 bits per heavy atom. The van der Waals surface area contributed by atoms with E-state index in [0.717, 1.165) is 16.3 Å². The molecule has 0 radical (unpaired) electrons. The summed E-state index contributed by atoms with van der Waals surface area (Å²) in [5.74, 6) is -0.101. The third kappa shape index (κ3) is 4.50. The average Bonchev–Trinajstić information content (AvgIpc) is 2.73. The molecule has 0 aliphatic carbocycles. The second-order valence-electron chi connectivity index (χ2n) is 8.45. The number of anilines is 1. The summed E-state index contributed by atoms with van der Waals surface area (Å²) in [4.78, 5) is 58.7. The lowest BCUT2D eigenvalue weighted by Gasteiger charge is -2.19. The summed E-state index contributed by atoms with van der Waals surface area (Å²) in [6, 6.07) is 6.75. The summed E-state index contributed by atoms with van der Waals surface area (Å²) in [7, 11) is 2.94. The van der Waals surface area contributed by atoms with Crippen molar-refractivity contribution >= 4 is 40.2 Å². The van der Waals surface area contributed by atoms with Crippen LogP contribution in [0.3, 0.4) is 0 Å². The Bertz CT molecular complexity index is 1350. The maximum absolute atomic E-state index is 12.9. The van der Waals surface area contributed by atoms with Gasteiger partial charge >= 0.3 is 5.69 Å². The van der Waals surface area contributed by atoms with E-state index in [1.165, 1.54) is 18.5 Å². The topological polar surface area (TPSA) is 116 Å². The Morgan fingerprint density at radius 2 is 1.72 bits per heavy atom. The van der Waals surface area contributed by atoms with Gasteiger partial charge in [0, 0.05) is 25.1 Å². The molecule has 32 heavy (non-hydrogen) atoms. The van der Waals surface area contributed by atoms with Gasteiger partial charge in [0.15, 0.2) is 11.4 Å². The molecule has 0 fully saturated rings. The van der Waals surface area contributed by atoms with Gasteiger partial charge in [-0.3, -0.25) is 23.5 Å². The molecule has 3 rings (SSSR count). The molecule has 0 saturated carbocycles. The first-order chi connectivity index (χ1) is 14.9. The van der Waals surface area contributed by atoms with Gasteiger partial charge in [-0.05, 0) is 19.1 Å². The van der Waals surface area contributed by atoms with Gasteiger partial charge in [0.25, 0.3) is 5.56 Å². The maximum atomic E-state index is 12.9. The van der Waals surface area contributed by atoms with Crippen molar-refractivity contribution in [3.8, 4) is 0 Å². The number of nitrogens with zero attached hydrogens (tertiary/aromatic N) is 4. The summed E-state index contributed by atoms with van der Waals surface area (Å²) in [5.41, 5.74) is -0.389. The molecule has 1 aromatic carbocycles. The first kappa shape index (κ1) is 23.4. The SMILES string of the molecule is CC(=O)c1ccccc1NC(=O)CSc1nc(C(C)(C)C)nc2c1c(=O)n(C)c(=O)n2C. The van der Waals surface area contributed by atoms with Crippen molar-refractivity contribution in [2.75, 3.05) is 11.1 Å². The first-order valence-corrected chi connectivity index (χ1v) is 10.9. The van der Waals surface area contributed by atoms with Gasteiger partial charge in [-0.1, -0.05) is 44.7 Å². The Hall–Kier alpha value is -3.27. The molecular formula is C22H25N5O4S. The van der Waals surface area contributed by atoms with Crippen LogP contribution in [-0.2, 0) is 24.3 Å². The summed E-state index contributed by atoms with van der Waals surface area (Å²) in [5, 5.41) is 3.25. The Balaban J connectivity index is 2.02. The highest BCUT2D eigenvalue weighted by molar-refractivity contribution is 8.00. The molecule has 2 heterocycles. The molecule has 0 atom stereocenters. The van der Waals surface area contributed by atoms with E-state index in [-0.39, 0.29) is 28.5 Å². The van der Waals surface area contributed by atoms with Crippen LogP contribution < -0.4 is 16.6 Å².